The van der Waals surface area contributed by atoms with Gasteiger partial charge in [-0.25, -0.2) is 0 Å². The molecule has 10 atom stereocenters. The minimum Gasteiger partial charge on any atom is -0.368 e. The number of rotatable bonds is 3. The Hall–Kier alpha value is -0.940. The normalized spacial score (nSPS) is 56.2. The third kappa shape index (κ3) is 1.34. The Bertz CT molecular complexity index is 608. The summed E-state index contributed by atoms with van der Waals surface area (Å²) in [6.07, 6.45) is 1.14. The molecule has 0 radical (unpaired) electrons. The van der Waals surface area contributed by atoms with Crippen molar-refractivity contribution in [3.8, 4) is 0 Å². The molecule has 0 aromatic heterocycles. The molecule has 10 unspecified atom stereocenters. The Labute approximate surface area is 129 Å². The second-order valence-corrected chi connectivity index (χ2v) is 7.75. The van der Waals surface area contributed by atoms with Gasteiger partial charge in [0.05, 0.1) is 12.2 Å². The third-order valence-electron chi connectivity index (χ3n) is 7.12. The lowest BCUT2D eigenvalue weighted by Crippen LogP contribution is -2.74. The van der Waals surface area contributed by atoms with Crippen molar-refractivity contribution in [3.63, 3.8) is 0 Å². The van der Waals surface area contributed by atoms with Crippen LogP contribution in [-0.2, 0) is 16.0 Å². The number of fused-ring (bicyclic) bond motifs is 2. The molecule has 0 spiro atoms. The molecule has 5 fully saturated rings. The summed E-state index contributed by atoms with van der Waals surface area (Å²) < 4.78 is 12.2. The maximum absolute atomic E-state index is 10.4. The minimum absolute atomic E-state index is 0.0729. The molecular formula is C18H21NO3. The first kappa shape index (κ1) is 12.5. The zero-order valence-electron chi connectivity index (χ0n) is 12.3. The highest BCUT2D eigenvalue weighted by atomic mass is 16.6. The molecule has 22 heavy (non-hydrogen) atoms. The monoisotopic (exact) mass is 299 g/mol. The molecule has 2 heterocycles. The molecule has 2 N–H and O–H groups in total. The van der Waals surface area contributed by atoms with Crippen LogP contribution in [0.15, 0.2) is 30.3 Å². The van der Waals surface area contributed by atoms with Crippen molar-refractivity contribution in [1.82, 2.24) is 5.32 Å². The molecule has 3 saturated carbocycles. The molecule has 3 aliphatic carbocycles. The van der Waals surface area contributed by atoms with Gasteiger partial charge < -0.3 is 14.6 Å². The van der Waals surface area contributed by atoms with Crippen molar-refractivity contribution in [3.05, 3.63) is 35.9 Å². The number of hydrogen-bond donors (Lipinski definition) is 2. The van der Waals surface area contributed by atoms with Crippen molar-refractivity contribution in [2.45, 2.75) is 37.7 Å². The second-order valence-electron chi connectivity index (χ2n) is 7.75. The molecule has 5 aliphatic rings. The van der Waals surface area contributed by atoms with Crippen molar-refractivity contribution in [2.75, 3.05) is 0 Å². The number of nitrogens with one attached hydrogen (secondary N) is 1. The van der Waals surface area contributed by atoms with E-state index in [2.05, 4.69) is 29.6 Å². The van der Waals surface area contributed by atoms with Gasteiger partial charge in [-0.3, -0.25) is 5.32 Å². The number of hydrogen-bond acceptors (Lipinski definition) is 4. The largest absolute Gasteiger partial charge is 0.368 e. The fourth-order valence-electron chi connectivity index (χ4n) is 6.49. The predicted octanol–water partition coefficient (Wildman–Crippen LogP) is 1.35. The van der Waals surface area contributed by atoms with Gasteiger partial charge in [0, 0.05) is 18.4 Å². The summed E-state index contributed by atoms with van der Waals surface area (Å²) in [7, 11) is 0. The van der Waals surface area contributed by atoms with E-state index in [-0.39, 0.29) is 24.4 Å². The summed E-state index contributed by atoms with van der Waals surface area (Å²) in [6, 6.07) is 10.5. The van der Waals surface area contributed by atoms with E-state index in [0.29, 0.717) is 23.7 Å². The molecule has 2 bridgehead atoms. The van der Waals surface area contributed by atoms with Gasteiger partial charge in [0.15, 0.2) is 6.29 Å². The molecule has 116 valence electrons. The molecule has 4 heteroatoms. The van der Waals surface area contributed by atoms with E-state index in [0.717, 1.165) is 12.5 Å². The Morgan fingerprint density at radius 1 is 0.955 bits per heavy atom. The van der Waals surface area contributed by atoms with E-state index in [1.165, 1.54) is 12.0 Å². The SMILES string of the molecule is OC1OC2C3OC(NCc4ccccc4)C4C5CC(C14)C2C53. The van der Waals surface area contributed by atoms with Gasteiger partial charge in [-0.05, 0) is 35.7 Å². The average Bonchev–Trinajstić information content (AvgIpc) is 3.08. The first-order valence-corrected chi connectivity index (χ1v) is 8.59. The highest BCUT2D eigenvalue weighted by Gasteiger charge is 2.77. The van der Waals surface area contributed by atoms with E-state index in [1.54, 1.807) is 0 Å². The highest BCUT2D eigenvalue weighted by Crippen LogP contribution is 2.72. The van der Waals surface area contributed by atoms with Gasteiger partial charge in [0.2, 0.25) is 0 Å². The summed E-state index contributed by atoms with van der Waals surface area (Å²) in [6.45, 7) is 0.828. The number of aliphatic hydroxyl groups is 1. The lowest BCUT2D eigenvalue weighted by molar-refractivity contribution is -0.383. The minimum atomic E-state index is -0.574. The molecule has 4 nitrogen and oxygen atoms in total. The zero-order valence-corrected chi connectivity index (χ0v) is 12.3. The van der Waals surface area contributed by atoms with Crippen LogP contribution >= 0.6 is 0 Å². The fourth-order valence-corrected chi connectivity index (χ4v) is 6.49. The lowest BCUT2D eigenvalue weighted by Gasteiger charge is -2.66. The zero-order chi connectivity index (χ0) is 14.4. The quantitative estimate of drug-likeness (QED) is 0.884. The van der Waals surface area contributed by atoms with Gasteiger partial charge >= 0.3 is 0 Å². The van der Waals surface area contributed by atoms with E-state index in [9.17, 15) is 5.11 Å². The van der Waals surface area contributed by atoms with Crippen LogP contribution in [0.2, 0.25) is 0 Å². The van der Waals surface area contributed by atoms with Crippen LogP contribution in [0, 0.1) is 35.5 Å². The maximum atomic E-state index is 10.4. The van der Waals surface area contributed by atoms with Gasteiger partial charge in [-0.2, -0.15) is 0 Å². The molecule has 6 rings (SSSR count). The average molecular weight is 299 g/mol. The molecule has 0 amide bonds. The first-order valence-electron chi connectivity index (χ1n) is 8.59. The van der Waals surface area contributed by atoms with Crippen molar-refractivity contribution in [1.29, 1.82) is 0 Å². The summed E-state index contributed by atoms with van der Waals surface area (Å²) in [5.74, 6) is 3.49. The smallest absolute Gasteiger partial charge is 0.158 e. The third-order valence-corrected chi connectivity index (χ3v) is 7.12. The van der Waals surface area contributed by atoms with Crippen LogP contribution in [0.1, 0.15) is 12.0 Å². The fraction of sp³-hybridized carbons (Fsp3) is 0.667. The molecule has 1 aromatic rings. The molecule has 2 saturated heterocycles. The standard InChI is InChI=1S/C18H21NO3/c20-18-14-10-6-9-11-12(10)16(22-18)15(11)21-17(13(9)14)19-7-8-4-2-1-3-5-8/h1-5,9-20H,6-7H2. The molecule has 1 aromatic carbocycles. The van der Waals surface area contributed by atoms with E-state index < -0.39 is 6.29 Å². The van der Waals surface area contributed by atoms with Crippen LogP contribution < -0.4 is 5.32 Å². The summed E-state index contributed by atoms with van der Waals surface area (Å²) in [5, 5.41) is 14.1. The van der Waals surface area contributed by atoms with Gasteiger partial charge in [0.1, 0.15) is 6.23 Å². The van der Waals surface area contributed by atoms with Crippen LogP contribution in [-0.4, -0.2) is 29.8 Å². The maximum Gasteiger partial charge on any atom is 0.158 e. The highest BCUT2D eigenvalue weighted by molar-refractivity contribution is 5.23. The summed E-state index contributed by atoms with van der Waals surface area (Å²) in [4.78, 5) is 0. The van der Waals surface area contributed by atoms with Crippen molar-refractivity contribution in [2.24, 2.45) is 35.5 Å². The van der Waals surface area contributed by atoms with Gasteiger partial charge in [0.25, 0.3) is 0 Å². The van der Waals surface area contributed by atoms with E-state index in [1.807, 2.05) is 6.07 Å². The van der Waals surface area contributed by atoms with Crippen molar-refractivity contribution >= 4 is 0 Å². The van der Waals surface area contributed by atoms with Crippen LogP contribution in [0.25, 0.3) is 0 Å². The molecule has 2 aliphatic heterocycles. The van der Waals surface area contributed by atoms with Crippen LogP contribution in [0.4, 0.5) is 0 Å². The Morgan fingerprint density at radius 2 is 1.68 bits per heavy atom. The predicted molar refractivity (Wildman–Crippen MR) is 78.4 cm³/mol. The topological polar surface area (TPSA) is 50.7 Å². The Morgan fingerprint density at radius 3 is 2.50 bits per heavy atom. The van der Waals surface area contributed by atoms with Gasteiger partial charge in [-0.1, -0.05) is 30.3 Å². The Kier molecular flexibility index (Phi) is 2.34. The first-order chi connectivity index (χ1) is 10.8. The van der Waals surface area contributed by atoms with Crippen molar-refractivity contribution < 1.29 is 14.6 Å². The number of benzene rings is 1. The lowest BCUT2D eigenvalue weighted by atomic mass is 9.52. The second kappa shape index (κ2) is 4.12. The number of aliphatic hydroxyl groups excluding tert-OH is 1. The van der Waals surface area contributed by atoms with Gasteiger partial charge in [-0.15, -0.1) is 0 Å². The Balaban J connectivity index is 1.29. The van der Waals surface area contributed by atoms with E-state index >= 15 is 0 Å². The van der Waals surface area contributed by atoms with E-state index in [4.69, 9.17) is 9.47 Å². The van der Waals surface area contributed by atoms with Crippen LogP contribution in [0.5, 0.6) is 0 Å². The molecular weight excluding hydrogens is 278 g/mol. The number of ether oxygens (including phenoxy) is 2. The summed E-state index contributed by atoms with van der Waals surface area (Å²) >= 11 is 0. The van der Waals surface area contributed by atoms with Crippen LogP contribution in [0.3, 0.4) is 0 Å². The summed E-state index contributed by atoms with van der Waals surface area (Å²) in [5.41, 5.74) is 1.28.